The molecular weight excluding hydrogens is 449 g/mol. The van der Waals surface area contributed by atoms with Gasteiger partial charge in [0, 0.05) is 13.1 Å². The average Bonchev–Trinajstić information content (AvgIpc) is 2.95. The largest absolute Gasteiger partial charge is 0.218 e. The highest BCUT2D eigenvalue weighted by Gasteiger charge is 2.42. The fraction of sp³-hybridized carbons (Fsp3) is 0.520. The predicted octanol–water partition coefficient (Wildman–Crippen LogP) is 6.81. The van der Waals surface area contributed by atoms with Crippen molar-refractivity contribution in [3.63, 3.8) is 0 Å². The Balaban J connectivity index is 1.46. The first-order valence-corrected chi connectivity index (χ1v) is 13.8. The maximum absolute atomic E-state index is 13.4. The van der Waals surface area contributed by atoms with Crippen molar-refractivity contribution in [2.45, 2.75) is 75.0 Å². The van der Waals surface area contributed by atoms with Gasteiger partial charge in [-0.2, -0.15) is 4.31 Å². The lowest BCUT2D eigenvalue weighted by Gasteiger charge is -2.45. The molecule has 2 aromatic carbocycles. The van der Waals surface area contributed by atoms with E-state index in [4.69, 9.17) is 23.2 Å². The van der Waals surface area contributed by atoms with E-state index in [2.05, 4.69) is 18.2 Å². The lowest BCUT2D eigenvalue weighted by molar-refractivity contribution is 0.240. The Morgan fingerprint density at radius 2 is 1.77 bits per heavy atom. The molecule has 1 saturated carbocycles. The molecule has 1 unspecified atom stereocenters. The van der Waals surface area contributed by atoms with Crippen LogP contribution in [-0.4, -0.2) is 19.3 Å². The summed E-state index contributed by atoms with van der Waals surface area (Å²) in [5.74, 6) is 0.428. The van der Waals surface area contributed by atoms with Gasteiger partial charge >= 0.3 is 0 Å². The molecule has 0 aromatic heterocycles. The molecule has 1 heterocycles. The second-order valence-corrected chi connectivity index (χ2v) is 12.4. The Bertz CT molecular complexity index is 1090. The molecule has 166 valence electrons. The number of halogens is 2. The molecule has 2 aliphatic carbocycles. The van der Waals surface area contributed by atoms with E-state index in [0.29, 0.717) is 40.0 Å². The molecule has 0 saturated heterocycles. The Morgan fingerprint density at radius 1 is 0.968 bits per heavy atom. The molecule has 0 radical (unpaired) electrons. The zero-order valence-corrected chi connectivity index (χ0v) is 20.1. The van der Waals surface area contributed by atoms with Crippen LogP contribution in [0.2, 0.25) is 10.0 Å². The van der Waals surface area contributed by atoms with Gasteiger partial charge in [-0.15, -0.1) is 0 Å². The zero-order valence-electron chi connectivity index (χ0n) is 17.7. The molecule has 1 spiro atoms. The Labute approximate surface area is 195 Å². The Hall–Kier alpha value is -1.07. The van der Waals surface area contributed by atoms with Crippen molar-refractivity contribution in [2.75, 3.05) is 6.54 Å². The van der Waals surface area contributed by atoms with Crippen LogP contribution in [0.5, 0.6) is 0 Å². The van der Waals surface area contributed by atoms with E-state index in [0.717, 1.165) is 6.42 Å². The summed E-state index contributed by atoms with van der Waals surface area (Å²) >= 11 is 12.1. The Morgan fingerprint density at radius 3 is 2.55 bits per heavy atom. The van der Waals surface area contributed by atoms with Crippen LogP contribution < -0.4 is 0 Å². The number of nitrogens with zero attached hydrogens (tertiary/aromatic N) is 1. The van der Waals surface area contributed by atoms with Crippen LogP contribution in [0.1, 0.15) is 79.5 Å². The summed E-state index contributed by atoms with van der Waals surface area (Å²) < 4.78 is 28.4. The SMILES string of the molecule is O=S(=O)(Cc1ccc(Cl)c(Cl)c1)N1CCC2CCC3(CCCCC3)c3cccc(c32)C1. The highest BCUT2D eigenvalue weighted by atomic mass is 35.5. The molecule has 1 fully saturated rings. The monoisotopic (exact) mass is 477 g/mol. The minimum Gasteiger partial charge on any atom is -0.212 e. The predicted molar refractivity (Wildman–Crippen MR) is 127 cm³/mol. The van der Waals surface area contributed by atoms with Gasteiger partial charge in [-0.3, -0.25) is 0 Å². The van der Waals surface area contributed by atoms with Crippen molar-refractivity contribution in [2.24, 2.45) is 0 Å². The average molecular weight is 478 g/mol. The maximum atomic E-state index is 13.4. The van der Waals surface area contributed by atoms with E-state index in [1.165, 1.54) is 61.6 Å². The standard InChI is InChI=1S/C25H29Cl2NO2S/c26-22-8-7-18(15-23(22)27)17-31(29,30)28-14-10-19-9-13-25(11-2-1-3-12-25)21-6-4-5-20(16-28)24(19)21/h4-8,15,19H,1-3,9-14,16-17H2. The van der Waals surface area contributed by atoms with Gasteiger partial charge in [0.15, 0.2) is 0 Å². The number of benzene rings is 2. The third-order valence-electron chi connectivity index (χ3n) is 7.76. The van der Waals surface area contributed by atoms with Gasteiger partial charge in [0.1, 0.15) is 0 Å². The molecule has 1 aliphatic heterocycles. The first-order chi connectivity index (χ1) is 14.9. The minimum absolute atomic E-state index is 0.0481. The lowest BCUT2D eigenvalue weighted by Crippen LogP contribution is -2.35. The summed E-state index contributed by atoms with van der Waals surface area (Å²) in [7, 11) is -3.46. The lowest BCUT2D eigenvalue weighted by atomic mass is 9.59. The van der Waals surface area contributed by atoms with E-state index in [1.54, 1.807) is 22.5 Å². The summed E-state index contributed by atoms with van der Waals surface area (Å²) in [6.45, 7) is 1.05. The van der Waals surface area contributed by atoms with Gasteiger partial charge in [-0.1, -0.05) is 66.7 Å². The van der Waals surface area contributed by atoms with Crippen LogP contribution in [0.3, 0.4) is 0 Å². The first kappa shape index (κ1) is 21.8. The van der Waals surface area contributed by atoms with E-state index in [1.807, 2.05) is 0 Å². The van der Waals surface area contributed by atoms with Crippen LogP contribution in [0, 0.1) is 0 Å². The van der Waals surface area contributed by atoms with Crippen LogP contribution >= 0.6 is 23.2 Å². The summed E-state index contributed by atoms with van der Waals surface area (Å²) in [6, 6.07) is 11.7. The second-order valence-electron chi connectivity index (χ2n) is 9.58. The number of hydrogen-bond donors (Lipinski definition) is 0. The van der Waals surface area contributed by atoms with Crippen LogP contribution in [0.4, 0.5) is 0 Å². The van der Waals surface area contributed by atoms with Crippen molar-refractivity contribution >= 4 is 33.2 Å². The van der Waals surface area contributed by atoms with Gasteiger partial charge in [0.05, 0.1) is 15.8 Å². The van der Waals surface area contributed by atoms with E-state index in [-0.39, 0.29) is 5.75 Å². The fourth-order valence-electron chi connectivity index (χ4n) is 6.20. The number of sulfonamides is 1. The Kier molecular flexibility index (Phi) is 5.87. The molecule has 3 aliphatic rings. The van der Waals surface area contributed by atoms with Crippen molar-refractivity contribution in [1.29, 1.82) is 0 Å². The molecular formula is C25H29Cl2NO2S. The number of rotatable bonds is 3. The van der Waals surface area contributed by atoms with Crippen LogP contribution in [0.25, 0.3) is 0 Å². The normalized spacial score (nSPS) is 23.4. The molecule has 2 aromatic rings. The van der Waals surface area contributed by atoms with Crippen LogP contribution in [-0.2, 0) is 27.7 Å². The van der Waals surface area contributed by atoms with Gasteiger partial charge in [-0.25, -0.2) is 8.42 Å². The topological polar surface area (TPSA) is 37.4 Å². The van der Waals surface area contributed by atoms with Crippen molar-refractivity contribution in [3.05, 3.63) is 68.7 Å². The zero-order chi connectivity index (χ0) is 21.6. The maximum Gasteiger partial charge on any atom is 0.218 e. The fourth-order valence-corrected chi connectivity index (χ4v) is 8.02. The molecule has 5 rings (SSSR count). The quantitative estimate of drug-likeness (QED) is 0.486. The van der Waals surface area contributed by atoms with Crippen molar-refractivity contribution in [3.8, 4) is 0 Å². The number of fused-ring (bicyclic) bond motifs is 1. The van der Waals surface area contributed by atoms with Gasteiger partial charge in [-0.05, 0) is 77.8 Å². The second kappa shape index (κ2) is 8.37. The molecule has 0 bridgehead atoms. The summed E-state index contributed by atoms with van der Waals surface area (Å²) in [6.07, 6.45) is 9.90. The van der Waals surface area contributed by atoms with Gasteiger partial charge < -0.3 is 0 Å². The molecule has 31 heavy (non-hydrogen) atoms. The van der Waals surface area contributed by atoms with Gasteiger partial charge in [0.25, 0.3) is 0 Å². The third kappa shape index (κ3) is 4.06. The molecule has 0 amide bonds. The molecule has 1 atom stereocenters. The number of hydrogen-bond acceptors (Lipinski definition) is 2. The third-order valence-corrected chi connectivity index (χ3v) is 10.3. The van der Waals surface area contributed by atoms with E-state index in [9.17, 15) is 8.42 Å². The highest BCUT2D eigenvalue weighted by molar-refractivity contribution is 7.88. The highest BCUT2D eigenvalue weighted by Crippen LogP contribution is 2.53. The van der Waals surface area contributed by atoms with E-state index >= 15 is 0 Å². The summed E-state index contributed by atoms with van der Waals surface area (Å²) in [5, 5.41) is 0.834. The van der Waals surface area contributed by atoms with Crippen molar-refractivity contribution in [1.82, 2.24) is 4.31 Å². The summed E-state index contributed by atoms with van der Waals surface area (Å²) in [5.41, 5.74) is 5.22. The van der Waals surface area contributed by atoms with Crippen LogP contribution in [0.15, 0.2) is 36.4 Å². The molecule has 3 nitrogen and oxygen atoms in total. The van der Waals surface area contributed by atoms with Crippen molar-refractivity contribution < 1.29 is 8.42 Å². The van der Waals surface area contributed by atoms with E-state index < -0.39 is 10.0 Å². The minimum atomic E-state index is -3.46. The first-order valence-electron chi connectivity index (χ1n) is 11.4. The molecule has 0 N–H and O–H groups in total. The summed E-state index contributed by atoms with van der Waals surface area (Å²) in [4.78, 5) is 0. The smallest absolute Gasteiger partial charge is 0.212 e. The molecule has 6 heteroatoms. The van der Waals surface area contributed by atoms with Gasteiger partial charge in [0.2, 0.25) is 10.0 Å².